The Labute approximate surface area is 163 Å². The predicted molar refractivity (Wildman–Crippen MR) is 107 cm³/mol. The third kappa shape index (κ3) is 3.17. The summed E-state index contributed by atoms with van der Waals surface area (Å²) in [6, 6.07) is 7.87. The highest BCUT2D eigenvalue weighted by Crippen LogP contribution is 2.24. The molecule has 8 heteroatoms. The highest BCUT2D eigenvalue weighted by atomic mass is 35.5. The second-order valence-corrected chi connectivity index (χ2v) is 6.94. The van der Waals surface area contributed by atoms with Crippen molar-refractivity contribution in [3.8, 4) is 5.69 Å². The van der Waals surface area contributed by atoms with Gasteiger partial charge in [-0.15, -0.1) is 12.4 Å². The summed E-state index contributed by atoms with van der Waals surface area (Å²) in [6.45, 7) is 4.35. The third-order valence-corrected chi connectivity index (χ3v) is 5.48. The predicted octanol–water partition coefficient (Wildman–Crippen LogP) is 1.88. The molecule has 0 N–H and O–H groups in total. The highest BCUT2D eigenvalue weighted by Gasteiger charge is 2.30. The zero-order valence-electron chi connectivity index (χ0n) is 14.9. The Morgan fingerprint density at radius 3 is 2.44 bits per heavy atom. The molecule has 5 heterocycles. The Kier molecular flexibility index (Phi) is 4.80. The normalized spacial score (nSPS) is 21.7. The van der Waals surface area contributed by atoms with Crippen molar-refractivity contribution in [1.29, 1.82) is 0 Å². The number of hydrogen-bond donors (Lipinski definition) is 0. The van der Waals surface area contributed by atoms with Gasteiger partial charge < -0.3 is 9.80 Å². The Bertz CT molecular complexity index is 997. The van der Waals surface area contributed by atoms with E-state index in [0.717, 1.165) is 32.1 Å². The van der Waals surface area contributed by atoms with Gasteiger partial charge in [-0.2, -0.15) is 0 Å². The zero-order valence-corrected chi connectivity index (χ0v) is 15.7. The van der Waals surface area contributed by atoms with Crippen molar-refractivity contribution in [2.45, 2.75) is 18.9 Å². The summed E-state index contributed by atoms with van der Waals surface area (Å²) in [5.41, 5.74) is 1.23. The fraction of sp³-hybridized carbons (Fsp3) is 0.368. The molecule has 0 aliphatic carbocycles. The Balaban J connectivity index is 0.00000180. The van der Waals surface area contributed by atoms with Crippen LogP contribution in [0.3, 0.4) is 0 Å². The maximum Gasteiger partial charge on any atom is 0.265 e. The molecule has 0 radical (unpaired) electrons. The fourth-order valence-corrected chi connectivity index (χ4v) is 3.99. The molecule has 27 heavy (non-hydrogen) atoms. The first-order valence-corrected chi connectivity index (χ1v) is 9.07. The Morgan fingerprint density at radius 1 is 0.926 bits per heavy atom. The Morgan fingerprint density at radius 2 is 1.67 bits per heavy atom. The van der Waals surface area contributed by atoms with Crippen molar-refractivity contribution in [3.05, 3.63) is 53.3 Å². The van der Waals surface area contributed by atoms with Gasteiger partial charge in [-0.3, -0.25) is 9.36 Å². The quantitative estimate of drug-likeness (QED) is 0.672. The molecule has 3 aromatic rings. The maximum atomic E-state index is 12.7. The molecule has 0 saturated carbocycles. The van der Waals surface area contributed by atoms with Gasteiger partial charge in [0.2, 0.25) is 5.95 Å². The van der Waals surface area contributed by atoms with Crippen molar-refractivity contribution in [3.63, 3.8) is 0 Å². The zero-order chi connectivity index (χ0) is 17.5. The molecule has 3 aliphatic rings. The van der Waals surface area contributed by atoms with Crippen LogP contribution in [0.4, 0.5) is 5.95 Å². The monoisotopic (exact) mass is 384 g/mol. The van der Waals surface area contributed by atoms with E-state index in [1.165, 1.54) is 17.4 Å². The Hall–Kier alpha value is -2.51. The SMILES string of the molecule is Cl.O=c1c2ccccc2ncn1-c1cnc(N2CCN3CCC2CC3)nc1. The van der Waals surface area contributed by atoms with Crippen molar-refractivity contribution < 1.29 is 0 Å². The average molecular weight is 385 g/mol. The van der Waals surface area contributed by atoms with E-state index in [1.54, 1.807) is 24.8 Å². The third-order valence-electron chi connectivity index (χ3n) is 5.48. The fourth-order valence-electron chi connectivity index (χ4n) is 3.99. The van der Waals surface area contributed by atoms with Gasteiger partial charge in [-0.05, 0) is 25.0 Å². The minimum atomic E-state index is -0.104. The largest absolute Gasteiger partial charge is 0.336 e. The molecule has 6 rings (SSSR count). The van der Waals surface area contributed by atoms with E-state index >= 15 is 0 Å². The summed E-state index contributed by atoms with van der Waals surface area (Å²) in [5.74, 6) is 0.754. The molecule has 140 valence electrons. The molecule has 0 spiro atoms. The highest BCUT2D eigenvalue weighted by molar-refractivity contribution is 5.85. The van der Waals surface area contributed by atoms with Crippen LogP contribution in [0, 0.1) is 0 Å². The van der Waals surface area contributed by atoms with Gasteiger partial charge in [0.1, 0.15) is 6.33 Å². The van der Waals surface area contributed by atoms with Gasteiger partial charge in [0.15, 0.2) is 0 Å². The number of rotatable bonds is 2. The number of hydrogen-bond acceptors (Lipinski definition) is 6. The van der Waals surface area contributed by atoms with E-state index in [4.69, 9.17) is 0 Å². The van der Waals surface area contributed by atoms with Gasteiger partial charge in [0.25, 0.3) is 5.56 Å². The molecule has 3 aliphatic heterocycles. The lowest BCUT2D eigenvalue weighted by Gasteiger charge is -2.31. The molecule has 3 fully saturated rings. The van der Waals surface area contributed by atoms with E-state index in [-0.39, 0.29) is 18.0 Å². The lowest BCUT2D eigenvalue weighted by atomic mass is 10.1. The summed E-state index contributed by atoms with van der Waals surface area (Å²) < 4.78 is 1.51. The van der Waals surface area contributed by atoms with Crippen LogP contribution in [-0.4, -0.2) is 56.6 Å². The molecule has 0 unspecified atom stereocenters. The molecule has 0 atom stereocenters. The minimum absolute atomic E-state index is 0. The van der Waals surface area contributed by atoms with Crippen LogP contribution in [0.5, 0.6) is 0 Å². The number of aromatic nitrogens is 4. The number of piperidine rings is 1. The van der Waals surface area contributed by atoms with Crippen LogP contribution in [-0.2, 0) is 0 Å². The van der Waals surface area contributed by atoms with Crippen molar-refractivity contribution in [1.82, 2.24) is 24.4 Å². The van der Waals surface area contributed by atoms with Crippen molar-refractivity contribution in [2.75, 3.05) is 31.1 Å². The lowest BCUT2D eigenvalue weighted by Crippen LogP contribution is -2.38. The van der Waals surface area contributed by atoms with Crippen molar-refractivity contribution in [2.24, 2.45) is 0 Å². The molecular formula is C19H21ClN6O. The molecule has 3 saturated heterocycles. The van der Waals surface area contributed by atoms with E-state index in [0.29, 0.717) is 22.6 Å². The summed E-state index contributed by atoms with van der Waals surface area (Å²) in [4.78, 5) is 31.0. The van der Waals surface area contributed by atoms with Gasteiger partial charge >= 0.3 is 0 Å². The number of para-hydroxylation sites is 1. The van der Waals surface area contributed by atoms with Crippen LogP contribution < -0.4 is 10.5 Å². The van der Waals surface area contributed by atoms with Gasteiger partial charge in [-0.1, -0.05) is 12.1 Å². The van der Waals surface area contributed by atoms with E-state index in [2.05, 4.69) is 24.8 Å². The molecule has 1 aromatic carbocycles. The number of anilines is 1. The number of benzene rings is 1. The lowest BCUT2D eigenvalue weighted by molar-refractivity contribution is 0.250. The summed E-state index contributed by atoms with van der Waals surface area (Å²) in [5, 5.41) is 0.595. The summed E-state index contributed by atoms with van der Waals surface area (Å²) in [6.07, 6.45) is 7.32. The number of fused-ring (bicyclic) bond motifs is 5. The topological polar surface area (TPSA) is 67.2 Å². The van der Waals surface area contributed by atoms with Crippen LogP contribution in [0.25, 0.3) is 16.6 Å². The maximum absolute atomic E-state index is 12.7. The second kappa shape index (κ2) is 7.25. The summed E-state index contributed by atoms with van der Waals surface area (Å²) in [7, 11) is 0. The smallest absolute Gasteiger partial charge is 0.265 e. The van der Waals surface area contributed by atoms with Gasteiger partial charge in [0.05, 0.1) is 29.0 Å². The van der Waals surface area contributed by atoms with Gasteiger partial charge in [-0.25, -0.2) is 15.0 Å². The van der Waals surface area contributed by atoms with Crippen LogP contribution >= 0.6 is 12.4 Å². The average Bonchev–Trinajstić information content (AvgIpc) is 3.03. The molecule has 2 bridgehead atoms. The summed E-state index contributed by atoms with van der Waals surface area (Å²) >= 11 is 0. The number of nitrogens with zero attached hydrogens (tertiary/aromatic N) is 6. The minimum Gasteiger partial charge on any atom is -0.336 e. The van der Waals surface area contributed by atoms with E-state index in [1.807, 2.05) is 18.2 Å². The molecule has 2 aromatic heterocycles. The first kappa shape index (κ1) is 17.9. The number of halogens is 1. The van der Waals surface area contributed by atoms with E-state index < -0.39 is 0 Å². The molecule has 0 amide bonds. The van der Waals surface area contributed by atoms with Crippen LogP contribution in [0.2, 0.25) is 0 Å². The first-order valence-electron chi connectivity index (χ1n) is 9.07. The van der Waals surface area contributed by atoms with Crippen LogP contribution in [0.1, 0.15) is 12.8 Å². The first-order chi connectivity index (χ1) is 12.8. The van der Waals surface area contributed by atoms with Crippen molar-refractivity contribution >= 4 is 29.3 Å². The van der Waals surface area contributed by atoms with Gasteiger partial charge in [0, 0.05) is 32.2 Å². The molecule has 7 nitrogen and oxygen atoms in total. The second-order valence-electron chi connectivity index (χ2n) is 6.94. The molecular weight excluding hydrogens is 364 g/mol. The van der Waals surface area contributed by atoms with Crippen LogP contribution in [0.15, 0.2) is 47.8 Å². The van der Waals surface area contributed by atoms with E-state index in [9.17, 15) is 4.79 Å². The standard InChI is InChI=1S/C19H20N6O.ClH/c26-18-16-3-1-2-4-17(16)22-13-25(18)15-11-20-19(21-12-15)24-10-9-23-7-5-14(24)6-8-23;/h1-4,11-14H,5-10H2;1H.